The zero-order valence-corrected chi connectivity index (χ0v) is 13.4. The monoisotopic (exact) mass is 328 g/mol. The summed E-state index contributed by atoms with van der Waals surface area (Å²) in [5.41, 5.74) is 2.74. The second-order valence-electron chi connectivity index (χ2n) is 5.84. The predicted octanol–water partition coefficient (Wildman–Crippen LogP) is 3.33. The zero-order valence-electron chi connectivity index (χ0n) is 13.4. The van der Waals surface area contributed by atoms with Gasteiger partial charge >= 0.3 is 6.03 Å². The molecule has 0 bridgehead atoms. The highest BCUT2D eigenvalue weighted by atomic mass is 19.1. The van der Waals surface area contributed by atoms with Crippen molar-refractivity contribution in [1.29, 1.82) is 0 Å². The van der Waals surface area contributed by atoms with Gasteiger partial charge in [-0.25, -0.2) is 14.2 Å². The Balaban J connectivity index is 1.41. The van der Waals surface area contributed by atoms with Gasteiger partial charge in [-0.2, -0.15) is 0 Å². The fraction of sp³-hybridized carbons (Fsp3) is 0.333. The summed E-state index contributed by atoms with van der Waals surface area (Å²) in [5, 5.41) is 8.70. The van der Waals surface area contributed by atoms with Crippen LogP contribution in [0.4, 0.5) is 20.7 Å². The maximum Gasteiger partial charge on any atom is 0.319 e. The van der Waals surface area contributed by atoms with Gasteiger partial charge in [0.05, 0.1) is 0 Å². The average molecular weight is 328 g/mol. The van der Waals surface area contributed by atoms with Crippen LogP contribution in [-0.4, -0.2) is 24.1 Å². The number of halogens is 1. The molecule has 6 heteroatoms. The molecule has 3 N–H and O–H groups in total. The molecule has 0 spiro atoms. The Morgan fingerprint density at radius 2 is 2.21 bits per heavy atom. The van der Waals surface area contributed by atoms with Crippen LogP contribution in [0.2, 0.25) is 0 Å². The van der Waals surface area contributed by atoms with Crippen molar-refractivity contribution in [1.82, 2.24) is 10.3 Å². The summed E-state index contributed by atoms with van der Waals surface area (Å²) in [4.78, 5) is 16.4. The molecule has 126 valence electrons. The first-order chi connectivity index (χ1) is 11.7. The van der Waals surface area contributed by atoms with Crippen LogP contribution < -0.4 is 16.0 Å². The number of nitrogens with one attached hydrogen (secondary N) is 3. The first kappa shape index (κ1) is 16.2. The maximum absolute atomic E-state index is 13.0. The van der Waals surface area contributed by atoms with Gasteiger partial charge in [-0.05, 0) is 55.5 Å². The van der Waals surface area contributed by atoms with E-state index in [9.17, 15) is 9.18 Å². The highest BCUT2D eigenvalue weighted by molar-refractivity contribution is 5.89. The first-order valence-electron chi connectivity index (χ1n) is 8.24. The number of aryl methyl sites for hydroxylation is 2. The van der Waals surface area contributed by atoms with Crippen molar-refractivity contribution >= 4 is 17.5 Å². The van der Waals surface area contributed by atoms with Crippen molar-refractivity contribution in [3.63, 3.8) is 0 Å². The van der Waals surface area contributed by atoms with Crippen molar-refractivity contribution in [2.24, 2.45) is 0 Å². The summed E-state index contributed by atoms with van der Waals surface area (Å²) in [5.74, 6) is 0.621. The number of hydrogen-bond donors (Lipinski definition) is 3. The molecular formula is C18H21FN4O. The lowest BCUT2D eigenvalue weighted by molar-refractivity contribution is 0.252. The van der Waals surface area contributed by atoms with E-state index in [-0.39, 0.29) is 11.8 Å². The summed E-state index contributed by atoms with van der Waals surface area (Å²) >= 11 is 0. The molecule has 2 amide bonds. The molecule has 0 unspecified atom stereocenters. The second kappa shape index (κ2) is 7.77. The average Bonchev–Trinajstić information content (AvgIpc) is 2.58. The smallest absolute Gasteiger partial charge is 0.319 e. The number of rotatable bonds is 5. The van der Waals surface area contributed by atoms with E-state index in [0.717, 1.165) is 43.7 Å². The van der Waals surface area contributed by atoms with Crippen LogP contribution in [0.25, 0.3) is 0 Å². The largest absolute Gasteiger partial charge is 0.370 e. The third-order valence-corrected chi connectivity index (χ3v) is 3.93. The molecule has 1 aromatic heterocycles. The van der Waals surface area contributed by atoms with Crippen LogP contribution in [0.3, 0.4) is 0 Å². The van der Waals surface area contributed by atoms with Gasteiger partial charge in [0.25, 0.3) is 0 Å². The number of hydrogen-bond acceptors (Lipinski definition) is 3. The third-order valence-electron chi connectivity index (χ3n) is 3.93. The minimum atomic E-state index is -0.375. The fourth-order valence-corrected chi connectivity index (χ4v) is 2.72. The molecule has 24 heavy (non-hydrogen) atoms. The number of fused-ring (bicyclic) bond motifs is 1. The summed E-state index contributed by atoms with van der Waals surface area (Å²) in [6, 6.07) is 9.67. The predicted molar refractivity (Wildman–Crippen MR) is 92.8 cm³/mol. The van der Waals surface area contributed by atoms with Crippen molar-refractivity contribution in [3.05, 3.63) is 53.5 Å². The standard InChI is InChI=1S/C18H21FN4O/c19-14-5-1-6-16(12-14)23-18(24)21-11-3-7-15-9-8-13-4-2-10-20-17(13)22-15/h1,5-6,8-9,12H,2-4,7,10-11H2,(H,20,22)(H2,21,23,24). The lowest BCUT2D eigenvalue weighted by atomic mass is 10.1. The van der Waals surface area contributed by atoms with Crippen LogP contribution in [0.5, 0.6) is 0 Å². The number of pyridine rings is 1. The van der Waals surface area contributed by atoms with E-state index in [0.29, 0.717) is 12.2 Å². The van der Waals surface area contributed by atoms with Crippen molar-refractivity contribution in [2.45, 2.75) is 25.7 Å². The van der Waals surface area contributed by atoms with Gasteiger partial charge in [0.2, 0.25) is 0 Å². The third kappa shape index (κ3) is 4.44. The van der Waals surface area contributed by atoms with Crippen LogP contribution >= 0.6 is 0 Å². The molecule has 0 saturated heterocycles. The SMILES string of the molecule is O=C(NCCCc1ccc2c(n1)NCCC2)Nc1cccc(F)c1. The van der Waals surface area contributed by atoms with E-state index in [1.165, 1.54) is 17.7 Å². The minimum Gasteiger partial charge on any atom is -0.370 e. The zero-order chi connectivity index (χ0) is 16.8. The molecule has 3 rings (SSSR count). The number of carbonyl (C=O) groups is 1. The van der Waals surface area contributed by atoms with E-state index in [4.69, 9.17) is 0 Å². The summed E-state index contributed by atoms with van der Waals surface area (Å²) in [6.45, 7) is 1.51. The molecule has 0 aliphatic carbocycles. The number of carbonyl (C=O) groups excluding carboxylic acids is 1. The van der Waals surface area contributed by atoms with E-state index in [1.807, 2.05) is 0 Å². The minimum absolute atomic E-state index is 0.333. The molecule has 0 saturated carbocycles. The van der Waals surface area contributed by atoms with Gasteiger partial charge in [-0.1, -0.05) is 12.1 Å². The van der Waals surface area contributed by atoms with Crippen LogP contribution in [-0.2, 0) is 12.8 Å². The van der Waals surface area contributed by atoms with Gasteiger partial charge < -0.3 is 16.0 Å². The molecule has 2 aromatic rings. The van der Waals surface area contributed by atoms with Crippen molar-refractivity contribution in [3.8, 4) is 0 Å². The van der Waals surface area contributed by atoms with E-state index in [2.05, 4.69) is 33.1 Å². The van der Waals surface area contributed by atoms with Gasteiger partial charge in [-0.3, -0.25) is 0 Å². The lowest BCUT2D eigenvalue weighted by Crippen LogP contribution is -2.29. The molecular weight excluding hydrogens is 307 g/mol. The molecule has 5 nitrogen and oxygen atoms in total. The number of urea groups is 1. The Hall–Kier alpha value is -2.63. The van der Waals surface area contributed by atoms with Gasteiger partial charge in [0, 0.05) is 24.5 Å². The van der Waals surface area contributed by atoms with Crippen LogP contribution in [0.15, 0.2) is 36.4 Å². The number of anilines is 2. The Labute approximate surface area is 140 Å². The Bertz CT molecular complexity index is 720. The maximum atomic E-state index is 13.0. The highest BCUT2D eigenvalue weighted by Gasteiger charge is 2.10. The summed E-state index contributed by atoms with van der Waals surface area (Å²) in [7, 11) is 0. The topological polar surface area (TPSA) is 66.0 Å². The van der Waals surface area contributed by atoms with E-state index in [1.54, 1.807) is 12.1 Å². The lowest BCUT2D eigenvalue weighted by Gasteiger charge is -2.17. The van der Waals surface area contributed by atoms with Gasteiger partial charge in [0.15, 0.2) is 0 Å². The van der Waals surface area contributed by atoms with Crippen LogP contribution in [0.1, 0.15) is 24.1 Å². The Kier molecular flexibility index (Phi) is 5.25. The summed E-state index contributed by atoms with van der Waals surface area (Å²) in [6.07, 6.45) is 3.83. The Morgan fingerprint density at radius 3 is 3.08 bits per heavy atom. The number of benzene rings is 1. The molecule has 1 aliphatic rings. The van der Waals surface area contributed by atoms with Crippen molar-refractivity contribution < 1.29 is 9.18 Å². The quantitative estimate of drug-likeness (QED) is 0.738. The van der Waals surface area contributed by atoms with Crippen molar-refractivity contribution in [2.75, 3.05) is 23.7 Å². The van der Waals surface area contributed by atoms with Gasteiger partial charge in [0.1, 0.15) is 11.6 Å². The molecule has 1 aromatic carbocycles. The number of amides is 2. The molecule has 0 radical (unpaired) electrons. The molecule has 0 atom stereocenters. The normalized spacial score (nSPS) is 12.9. The molecule has 0 fully saturated rings. The van der Waals surface area contributed by atoms with E-state index >= 15 is 0 Å². The second-order valence-corrected chi connectivity index (χ2v) is 5.84. The number of aromatic nitrogens is 1. The molecule has 1 aliphatic heterocycles. The Morgan fingerprint density at radius 1 is 1.29 bits per heavy atom. The molecule has 2 heterocycles. The van der Waals surface area contributed by atoms with Crippen LogP contribution in [0, 0.1) is 5.82 Å². The fourth-order valence-electron chi connectivity index (χ4n) is 2.72. The van der Waals surface area contributed by atoms with E-state index < -0.39 is 0 Å². The van der Waals surface area contributed by atoms with Gasteiger partial charge in [-0.15, -0.1) is 0 Å². The first-order valence-corrected chi connectivity index (χ1v) is 8.24. The number of nitrogens with zero attached hydrogens (tertiary/aromatic N) is 1. The summed E-state index contributed by atoms with van der Waals surface area (Å²) < 4.78 is 13.0. The highest BCUT2D eigenvalue weighted by Crippen LogP contribution is 2.20.